The molecule has 1 aliphatic heterocycles. The number of esters is 1. The first-order valence-corrected chi connectivity index (χ1v) is 14.0. The molecule has 4 aliphatic carbocycles. The van der Waals surface area contributed by atoms with E-state index in [9.17, 15) is 19.5 Å². The molecule has 0 aromatic carbocycles. The molecule has 0 radical (unpaired) electrons. The Hall–Kier alpha value is -1.69. The molecule has 1 N–H and O–H groups in total. The fraction of sp³-hybridized carbons (Fsp3) is 0.828. The van der Waals surface area contributed by atoms with Crippen molar-refractivity contribution in [2.24, 2.45) is 45.8 Å². The molecule has 0 aromatic rings. The first-order chi connectivity index (χ1) is 16.7. The summed E-state index contributed by atoms with van der Waals surface area (Å²) >= 11 is 0. The van der Waals surface area contributed by atoms with Gasteiger partial charge in [-0.1, -0.05) is 45.3 Å². The van der Waals surface area contributed by atoms with Crippen molar-refractivity contribution in [3.8, 4) is 0 Å². The lowest BCUT2D eigenvalue weighted by molar-refractivity contribution is -0.182. The smallest absolute Gasteiger partial charge is 0.315 e. The molecule has 6 heteroatoms. The van der Waals surface area contributed by atoms with Crippen LogP contribution in [0.4, 0.5) is 0 Å². The Bertz CT molecular complexity index is 907. The highest BCUT2D eigenvalue weighted by Crippen LogP contribution is 2.83. The molecule has 1 heterocycles. The van der Waals surface area contributed by atoms with E-state index in [4.69, 9.17) is 4.74 Å². The van der Waals surface area contributed by atoms with Gasteiger partial charge in [0.2, 0.25) is 0 Å². The highest BCUT2D eigenvalue weighted by atomic mass is 16.5. The van der Waals surface area contributed by atoms with Gasteiger partial charge in [0, 0.05) is 12.0 Å². The molecule has 1 saturated heterocycles. The van der Waals surface area contributed by atoms with Crippen molar-refractivity contribution in [1.82, 2.24) is 4.90 Å². The Kier molecular flexibility index (Phi) is 6.43. The largest absolute Gasteiger partial charge is 0.481 e. The van der Waals surface area contributed by atoms with E-state index < -0.39 is 22.2 Å². The quantitative estimate of drug-likeness (QED) is 0.289. The van der Waals surface area contributed by atoms with Crippen LogP contribution in [0.15, 0.2) is 11.6 Å². The second-order valence-corrected chi connectivity index (χ2v) is 12.6. The van der Waals surface area contributed by atoms with Crippen LogP contribution in [0.25, 0.3) is 0 Å². The zero-order valence-corrected chi connectivity index (χ0v) is 21.8. The standard InChI is InChI=1S/C29H43NO5/c1-19(2)24-15-21-16-28(18-31)23-8-7-20(3)22(23)17-27(21,29(24,28)26(33)34)10-14-35-25(32)9-13-30-11-5-4-6-12-30/h15,18-23H,4-14,16-17H2,1-3H3,(H,33,34)/t20-,21?,22?,23?,27?,28?,29?/m1/s1. The summed E-state index contributed by atoms with van der Waals surface area (Å²) in [5.74, 6) is 0.106. The van der Waals surface area contributed by atoms with Crippen molar-refractivity contribution in [2.75, 3.05) is 26.2 Å². The number of allylic oxidation sites excluding steroid dienone is 1. The number of rotatable bonds is 9. The Labute approximate surface area is 209 Å². The van der Waals surface area contributed by atoms with E-state index in [1.54, 1.807) is 0 Å². The zero-order valence-electron chi connectivity index (χ0n) is 21.8. The Balaban J connectivity index is 1.40. The van der Waals surface area contributed by atoms with Crippen molar-refractivity contribution in [1.29, 1.82) is 0 Å². The van der Waals surface area contributed by atoms with Gasteiger partial charge >= 0.3 is 11.9 Å². The second-order valence-electron chi connectivity index (χ2n) is 12.6. The summed E-state index contributed by atoms with van der Waals surface area (Å²) in [6.07, 6.45) is 11.3. The van der Waals surface area contributed by atoms with E-state index in [0.717, 1.165) is 50.8 Å². The zero-order chi connectivity index (χ0) is 25.0. The summed E-state index contributed by atoms with van der Waals surface area (Å²) in [5.41, 5.74) is -1.62. The van der Waals surface area contributed by atoms with Crippen molar-refractivity contribution < 1.29 is 24.2 Å². The number of carboxylic acids is 1. The van der Waals surface area contributed by atoms with Crippen LogP contribution in [0.3, 0.4) is 0 Å². The van der Waals surface area contributed by atoms with E-state index in [2.05, 4.69) is 31.7 Å². The van der Waals surface area contributed by atoms with E-state index in [-0.39, 0.29) is 30.3 Å². The van der Waals surface area contributed by atoms with E-state index in [1.165, 1.54) is 19.3 Å². The first kappa shape index (κ1) is 25.0. The lowest BCUT2D eigenvalue weighted by atomic mass is 9.42. The predicted octanol–water partition coefficient (Wildman–Crippen LogP) is 4.72. The molecule has 35 heavy (non-hydrogen) atoms. The van der Waals surface area contributed by atoms with Crippen LogP contribution in [0, 0.1) is 45.8 Å². The molecule has 194 valence electrons. The number of hydrogen-bond donors (Lipinski definition) is 1. The predicted molar refractivity (Wildman–Crippen MR) is 133 cm³/mol. The van der Waals surface area contributed by atoms with Gasteiger partial charge in [0.15, 0.2) is 0 Å². The minimum Gasteiger partial charge on any atom is -0.481 e. The Morgan fingerprint density at radius 3 is 2.60 bits per heavy atom. The third-order valence-corrected chi connectivity index (χ3v) is 11.0. The highest BCUT2D eigenvalue weighted by Gasteiger charge is 2.83. The lowest BCUT2D eigenvalue weighted by Gasteiger charge is -2.58. The summed E-state index contributed by atoms with van der Waals surface area (Å²) < 4.78 is 5.76. The molecule has 0 spiro atoms. The molecule has 7 atom stereocenters. The first-order valence-electron chi connectivity index (χ1n) is 14.0. The minimum absolute atomic E-state index is 0.0612. The molecule has 6 nitrogen and oxygen atoms in total. The maximum atomic E-state index is 13.4. The average Bonchev–Trinajstić information content (AvgIpc) is 3.40. The number of fused-ring (bicyclic) bond motifs is 2. The number of nitrogens with zero attached hydrogens (tertiary/aromatic N) is 1. The molecule has 6 unspecified atom stereocenters. The number of carbonyl (C=O) groups excluding carboxylic acids is 2. The van der Waals surface area contributed by atoms with Crippen molar-refractivity contribution in [3.63, 3.8) is 0 Å². The fourth-order valence-electron chi connectivity index (χ4n) is 9.69. The maximum Gasteiger partial charge on any atom is 0.315 e. The van der Waals surface area contributed by atoms with Crippen LogP contribution >= 0.6 is 0 Å². The van der Waals surface area contributed by atoms with Crippen LogP contribution in [-0.2, 0) is 19.1 Å². The number of likely N-dealkylation sites (tertiary alicyclic amines) is 1. The minimum atomic E-state index is -1.17. The fourth-order valence-corrected chi connectivity index (χ4v) is 9.69. The summed E-state index contributed by atoms with van der Waals surface area (Å²) in [7, 11) is 0. The summed E-state index contributed by atoms with van der Waals surface area (Å²) in [5, 5.41) is 11.0. The molecule has 0 amide bonds. The maximum absolute atomic E-state index is 13.4. The van der Waals surface area contributed by atoms with Gasteiger partial charge in [-0.15, -0.1) is 0 Å². The number of ether oxygens (including phenoxy) is 1. The Morgan fingerprint density at radius 1 is 1.20 bits per heavy atom. The number of carbonyl (C=O) groups is 3. The van der Waals surface area contributed by atoms with Crippen LogP contribution in [0.2, 0.25) is 0 Å². The third-order valence-electron chi connectivity index (χ3n) is 11.0. The van der Waals surface area contributed by atoms with Gasteiger partial charge in [-0.05, 0) is 81.2 Å². The van der Waals surface area contributed by atoms with Gasteiger partial charge in [-0.2, -0.15) is 0 Å². The summed E-state index contributed by atoms with van der Waals surface area (Å²) in [4.78, 5) is 41.4. The molecule has 5 rings (SSSR count). The van der Waals surface area contributed by atoms with E-state index in [1.807, 2.05) is 0 Å². The SMILES string of the molecule is CC(C)C1=CC2CC3(C=O)C4CC[C@@H](C)C4CC2(CCOC(=O)CCN2CCCCC2)C13C(=O)O. The topological polar surface area (TPSA) is 83.9 Å². The van der Waals surface area contributed by atoms with Crippen molar-refractivity contribution in [3.05, 3.63) is 11.6 Å². The number of piperidine rings is 1. The normalized spacial score (nSPS) is 42.1. The van der Waals surface area contributed by atoms with Crippen molar-refractivity contribution >= 4 is 18.2 Å². The van der Waals surface area contributed by atoms with Gasteiger partial charge in [0.05, 0.1) is 18.4 Å². The second kappa shape index (κ2) is 9.00. The van der Waals surface area contributed by atoms with Crippen LogP contribution in [0.5, 0.6) is 0 Å². The molecule has 5 aliphatic rings. The lowest BCUT2D eigenvalue weighted by Crippen LogP contribution is -2.62. The Morgan fingerprint density at radius 2 is 1.94 bits per heavy atom. The molecular formula is C29H43NO5. The van der Waals surface area contributed by atoms with Gasteiger partial charge in [0.25, 0.3) is 0 Å². The van der Waals surface area contributed by atoms with Crippen LogP contribution in [0.1, 0.15) is 78.6 Å². The molecule has 4 fully saturated rings. The van der Waals surface area contributed by atoms with E-state index >= 15 is 0 Å². The average molecular weight is 486 g/mol. The molecule has 0 aromatic heterocycles. The number of carboxylic acid groups (broad SMARTS) is 1. The van der Waals surface area contributed by atoms with Gasteiger partial charge < -0.3 is 19.5 Å². The van der Waals surface area contributed by atoms with Crippen LogP contribution < -0.4 is 0 Å². The number of aliphatic carboxylic acids is 1. The van der Waals surface area contributed by atoms with Gasteiger partial charge in [-0.25, -0.2) is 0 Å². The van der Waals surface area contributed by atoms with Crippen molar-refractivity contribution in [2.45, 2.75) is 78.6 Å². The number of hydrogen-bond acceptors (Lipinski definition) is 5. The van der Waals surface area contributed by atoms with Crippen LogP contribution in [-0.4, -0.2) is 54.5 Å². The third kappa shape index (κ3) is 3.34. The van der Waals surface area contributed by atoms with Gasteiger partial charge in [-0.3, -0.25) is 9.59 Å². The monoisotopic (exact) mass is 485 g/mol. The molecular weight excluding hydrogens is 442 g/mol. The summed E-state index contributed by atoms with van der Waals surface area (Å²) in [6.45, 7) is 9.48. The molecule has 3 saturated carbocycles. The molecule has 4 bridgehead atoms. The van der Waals surface area contributed by atoms with Gasteiger partial charge in [0.1, 0.15) is 11.7 Å². The highest BCUT2D eigenvalue weighted by molar-refractivity contribution is 5.90. The van der Waals surface area contributed by atoms with E-state index in [0.29, 0.717) is 31.1 Å². The summed E-state index contributed by atoms with van der Waals surface area (Å²) in [6, 6.07) is 0. The number of aldehydes is 1.